The van der Waals surface area contributed by atoms with Crippen molar-refractivity contribution in [1.29, 1.82) is 0 Å². The first-order chi connectivity index (χ1) is 13.9. The summed E-state index contributed by atoms with van der Waals surface area (Å²) in [5.74, 6) is -1.81. The molecule has 3 heterocycles. The first-order valence-electron chi connectivity index (χ1n) is 8.91. The molecule has 0 radical (unpaired) electrons. The number of aromatic nitrogens is 3. The van der Waals surface area contributed by atoms with E-state index in [9.17, 15) is 18.0 Å². The van der Waals surface area contributed by atoms with Gasteiger partial charge < -0.3 is 10.1 Å². The quantitative estimate of drug-likeness (QED) is 0.688. The number of hydrogen-bond donors (Lipinski definition) is 1. The summed E-state index contributed by atoms with van der Waals surface area (Å²) in [6.45, 7) is 0.216. The second-order valence-corrected chi connectivity index (χ2v) is 6.88. The minimum atomic E-state index is -1.54. The molecule has 3 aromatic rings. The van der Waals surface area contributed by atoms with Gasteiger partial charge in [-0.2, -0.15) is 5.10 Å². The SMILES string of the molecule is O=C(Cc1ccc(C2(F)COC2)nc1)Nc1ccn(Cc2ccc(F)c(F)c2)n1. The van der Waals surface area contributed by atoms with Crippen molar-refractivity contribution in [1.82, 2.24) is 14.8 Å². The molecular formula is C20H17F3N4O2. The Morgan fingerprint density at radius 3 is 2.59 bits per heavy atom. The van der Waals surface area contributed by atoms with Crippen LogP contribution in [0.3, 0.4) is 0 Å². The Morgan fingerprint density at radius 1 is 1.14 bits per heavy atom. The number of halogens is 3. The van der Waals surface area contributed by atoms with Gasteiger partial charge in [0.25, 0.3) is 0 Å². The molecular weight excluding hydrogens is 385 g/mol. The molecule has 1 aromatic carbocycles. The van der Waals surface area contributed by atoms with E-state index in [4.69, 9.17) is 4.74 Å². The van der Waals surface area contributed by atoms with Crippen molar-refractivity contribution in [3.8, 4) is 0 Å². The molecule has 9 heteroatoms. The Hall–Kier alpha value is -3.20. The molecule has 1 N–H and O–H groups in total. The molecule has 6 nitrogen and oxygen atoms in total. The summed E-state index contributed by atoms with van der Waals surface area (Å²) in [5.41, 5.74) is -0.0696. The van der Waals surface area contributed by atoms with Gasteiger partial charge in [0, 0.05) is 18.5 Å². The molecule has 0 aliphatic carbocycles. The Balaban J connectivity index is 1.33. The molecule has 4 rings (SSSR count). The maximum Gasteiger partial charge on any atom is 0.230 e. The van der Waals surface area contributed by atoms with E-state index in [0.29, 0.717) is 22.6 Å². The normalized spacial score (nSPS) is 15.0. The lowest BCUT2D eigenvalue weighted by atomic mass is 9.99. The van der Waals surface area contributed by atoms with Crippen LogP contribution >= 0.6 is 0 Å². The Morgan fingerprint density at radius 2 is 1.93 bits per heavy atom. The molecule has 0 saturated carbocycles. The number of pyridine rings is 1. The summed E-state index contributed by atoms with van der Waals surface area (Å²) in [7, 11) is 0. The van der Waals surface area contributed by atoms with Crippen LogP contribution in [0.4, 0.5) is 19.0 Å². The maximum absolute atomic E-state index is 14.2. The van der Waals surface area contributed by atoms with E-state index in [1.165, 1.54) is 16.9 Å². The number of carbonyl (C=O) groups is 1. The molecule has 1 saturated heterocycles. The number of nitrogens with zero attached hydrogens (tertiary/aromatic N) is 3. The van der Waals surface area contributed by atoms with Gasteiger partial charge in [-0.3, -0.25) is 14.5 Å². The molecule has 1 fully saturated rings. The Bertz CT molecular complexity index is 1030. The van der Waals surface area contributed by atoms with Crippen molar-refractivity contribution in [2.24, 2.45) is 0 Å². The molecule has 1 aliphatic heterocycles. The molecule has 2 aromatic heterocycles. The van der Waals surface area contributed by atoms with Crippen LogP contribution in [0.5, 0.6) is 0 Å². The molecule has 0 bridgehead atoms. The van der Waals surface area contributed by atoms with Gasteiger partial charge in [0.15, 0.2) is 23.1 Å². The van der Waals surface area contributed by atoms with E-state index >= 15 is 0 Å². The third-order valence-electron chi connectivity index (χ3n) is 4.55. The van der Waals surface area contributed by atoms with E-state index < -0.39 is 17.3 Å². The number of rotatable bonds is 6. The lowest BCUT2D eigenvalue weighted by molar-refractivity contribution is -0.137. The second-order valence-electron chi connectivity index (χ2n) is 6.88. The van der Waals surface area contributed by atoms with E-state index in [1.807, 2.05) is 0 Å². The van der Waals surface area contributed by atoms with Crippen molar-refractivity contribution in [2.45, 2.75) is 18.6 Å². The van der Waals surface area contributed by atoms with Gasteiger partial charge in [0.2, 0.25) is 5.91 Å². The van der Waals surface area contributed by atoms with Crippen LogP contribution in [0.2, 0.25) is 0 Å². The zero-order valence-electron chi connectivity index (χ0n) is 15.2. The van der Waals surface area contributed by atoms with Crippen molar-refractivity contribution in [2.75, 3.05) is 18.5 Å². The Kier molecular flexibility index (Phi) is 5.06. The number of benzene rings is 1. The van der Waals surface area contributed by atoms with Crippen LogP contribution in [0, 0.1) is 11.6 Å². The minimum absolute atomic E-state index is 0.00689. The van der Waals surface area contributed by atoms with E-state index in [1.54, 1.807) is 24.4 Å². The van der Waals surface area contributed by atoms with Gasteiger partial charge in [-0.25, -0.2) is 13.2 Å². The molecule has 1 amide bonds. The number of alkyl halides is 1. The second kappa shape index (κ2) is 7.67. The van der Waals surface area contributed by atoms with Crippen LogP contribution < -0.4 is 5.32 Å². The van der Waals surface area contributed by atoms with Crippen LogP contribution in [0.1, 0.15) is 16.8 Å². The van der Waals surface area contributed by atoms with E-state index in [0.717, 1.165) is 12.1 Å². The predicted octanol–water partition coefficient (Wildman–Crippen LogP) is 2.98. The fourth-order valence-corrected chi connectivity index (χ4v) is 2.94. The maximum atomic E-state index is 14.2. The van der Waals surface area contributed by atoms with Gasteiger partial charge in [-0.1, -0.05) is 12.1 Å². The molecule has 29 heavy (non-hydrogen) atoms. The highest BCUT2D eigenvalue weighted by Crippen LogP contribution is 2.32. The fourth-order valence-electron chi connectivity index (χ4n) is 2.94. The lowest BCUT2D eigenvalue weighted by Gasteiger charge is -2.32. The third-order valence-corrected chi connectivity index (χ3v) is 4.55. The monoisotopic (exact) mass is 402 g/mol. The minimum Gasteiger partial charge on any atom is -0.374 e. The number of amides is 1. The highest BCUT2D eigenvalue weighted by molar-refractivity contribution is 5.91. The average molecular weight is 402 g/mol. The molecule has 150 valence electrons. The topological polar surface area (TPSA) is 69.0 Å². The zero-order chi connectivity index (χ0) is 20.4. The molecule has 0 atom stereocenters. The number of ether oxygens (including phenoxy) is 1. The third kappa shape index (κ3) is 4.29. The van der Waals surface area contributed by atoms with Gasteiger partial charge >= 0.3 is 0 Å². The van der Waals surface area contributed by atoms with Crippen LogP contribution in [-0.4, -0.2) is 33.9 Å². The smallest absolute Gasteiger partial charge is 0.230 e. The summed E-state index contributed by atoms with van der Waals surface area (Å²) < 4.78 is 46.9. The lowest BCUT2D eigenvalue weighted by Crippen LogP contribution is -2.43. The fraction of sp³-hybridized carbons (Fsp3) is 0.250. The van der Waals surface area contributed by atoms with Crippen molar-refractivity contribution >= 4 is 11.7 Å². The van der Waals surface area contributed by atoms with E-state index in [-0.39, 0.29) is 32.1 Å². The highest BCUT2D eigenvalue weighted by atomic mass is 19.2. The van der Waals surface area contributed by atoms with Crippen LogP contribution in [-0.2, 0) is 28.2 Å². The van der Waals surface area contributed by atoms with Gasteiger partial charge in [-0.15, -0.1) is 0 Å². The average Bonchev–Trinajstić information content (AvgIpc) is 3.10. The standard InChI is InChI=1S/C20H17F3N4O2/c21-15-3-1-14(7-16(15)22)10-27-6-5-18(26-27)25-19(28)8-13-2-4-17(24-9-13)20(23)11-29-12-20/h1-7,9H,8,10-12H2,(H,25,26,28). The summed E-state index contributed by atoms with van der Waals surface area (Å²) in [6, 6.07) is 8.43. The van der Waals surface area contributed by atoms with Crippen LogP contribution in [0.15, 0.2) is 48.8 Å². The zero-order valence-corrected chi connectivity index (χ0v) is 15.2. The summed E-state index contributed by atoms with van der Waals surface area (Å²) in [4.78, 5) is 16.3. The number of hydrogen-bond acceptors (Lipinski definition) is 4. The molecule has 1 aliphatic rings. The molecule has 0 spiro atoms. The highest BCUT2D eigenvalue weighted by Gasteiger charge is 2.41. The van der Waals surface area contributed by atoms with Gasteiger partial charge in [0.05, 0.1) is 31.9 Å². The van der Waals surface area contributed by atoms with Crippen molar-refractivity contribution in [3.63, 3.8) is 0 Å². The van der Waals surface area contributed by atoms with Crippen molar-refractivity contribution in [3.05, 3.63) is 77.2 Å². The first kappa shape index (κ1) is 19.1. The summed E-state index contributed by atoms with van der Waals surface area (Å²) >= 11 is 0. The number of anilines is 1. The van der Waals surface area contributed by atoms with Crippen molar-refractivity contribution < 1.29 is 22.7 Å². The van der Waals surface area contributed by atoms with Crippen LogP contribution in [0.25, 0.3) is 0 Å². The summed E-state index contributed by atoms with van der Waals surface area (Å²) in [6.07, 6.45) is 3.14. The Labute approximate surface area is 164 Å². The molecule has 0 unspecified atom stereocenters. The predicted molar refractivity (Wildman–Crippen MR) is 97.9 cm³/mol. The largest absolute Gasteiger partial charge is 0.374 e. The first-order valence-corrected chi connectivity index (χ1v) is 8.91. The number of carbonyl (C=O) groups excluding carboxylic acids is 1. The number of nitrogens with one attached hydrogen (secondary N) is 1. The van der Waals surface area contributed by atoms with Gasteiger partial charge in [0.1, 0.15) is 0 Å². The van der Waals surface area contributed by atoms with Gasteiger partial charge in [-0.05, 0) is 29.3 Å². The summed E-state index contributed by atoms with van der Waals surface area (Å²) in [5, 5.41) is 6.85. The van der Waals surface area contributed by atoms with E-state index in [2.05, 4.69) is 15.4 Å².